The van der Waals surface area contributed by atoms with E-state index in [-0.39, 0.29) is 11.6 Å². The summed E-state index contributed by atoms with van der Waals surface area (Å²) in [7, 11) is 2.14. The van der Waals surface area contributed by atoms with Gasteiger partial charge in [-0.25, -0.2) is 0 Å². The maximum absolute atomic E-state index is 12.6. The molecular formula is C21H31N3O. The lowest BCUT2D eigenvalue weighted by Gasteiger charge is -2.52. The molecule has 1 aliphatic carbocycles. The summed E-state index contributed by atoms with van der Waals surface area (Å²) in [6.45, 7) is 4.51. The zero-order valence-corrected chi connectivity index (χ0v) is 15.6. The van der Waals surface area contributed by atoms with Crippen molar-refractivity contribution in [1.29, 1.82) is 0 Å². The van der Waals surface area contributed by atoms with E-state index in [1.165, 1.54) is 32.1 Å². The molecule has 1 aromatic carbocycles. The second-order valence-corrected chi connectivity index (χ2v) is 8.18. The molecule has 4 heteroatoms. The van der Waals surface area contributed by atoms with Crippen molar-refractivity contribution in [1.82, 2.24) is 10.2 Å². The number of hydrogen-bond donors (Lipinski definition) is 1. The molecule has 4 nitrogen and oxygen atoms in total. The highest BCUT2D eigenvalue weighted by atomic mass is 16.2. The second kappa shape index (κ2) is 6.64. The number of fused-ring (bicyclic) bond motifs is 1. The molecule has 0 atom stereocenters. The van der Waals surface area contributed by atoms with Crippen LogP contribution in [0.1, 0.15) is 62.2 Å². The summed E-state index contributed by atoms with van der Waals surface area (Å²) in [4.78, 5) is 17.6. The fourth-order valence-electron chi connectivity index (χ4n) is 5.19. The van der Waals surface area contributed by atoms with E-state index in [1.807, 2.05) is 18.2 Å². The van der Waals surface area contributed by atoms with E-state index < -0.39 is 0 Å². The third-order valence-electron chi connectivity index (χ3n) is 7.03. The largest absolute Gasteiger partial charge is 0.351 e. The minimum absolute atomic E-state index is 0.0885. The maximum Gasteiger partial charge on any atom is 0.255 e. The number of piperidine rings is 1. The lowest BCUT2D eigenvalue weighted by Crippen LogP contribution is -2.67. The Kier molecular flexibility index (Phi) is 4.48. The summed E-state index contributed by atoms with van der Waals surface area (Å²) in [5.41, 5.74) is 1.67. The van der Waals surface area contributed by atoms with Gasteiger partial charge < -0.3 is 15.1 Å². The summed E-state index contributed by atoms with van der Waals surface area (Å²) in [6, 6.07) is 8.74. The minimum Gasteiger partial charge on any atom is -0.351 e. The quantitative estimate of drug-likeness (QED) is 0.892. The SMILES string of the molecule is CCC1CCC(N2CCC3(CC2)NC(=O)c2ccccc2N3C)CC1. The summed E-state index contributed by atoms with van der Waals surface area (Å²) in [6.07, 6.45) is 8.87. The highest BCUT2D eigenvalue weighted by molar-refractivity contribution is 6.02. The van der Waals surface area contributed by atoms with Crippen molar-refractivity contribution in [3.8, 4) is 0 Å². The lowest BCUT2D eigenvalue weighted by molar-refractivity contribution is 0.0595. The molecule has 2 heterocycles. The van der Waals surface area contributed by atoms with Crippen LogP contribution in [0.25, 0.3) is 0 Å². The molecule has 1 saturated carbocycles. The van der Waals surface area contributed by atoms with Gasteiger partial charge in [0.1, 0.15) is 5.66 Å². The zero-order valence-electron chi connectivity index (χ0n) is 15.6. The van der Waals surface area contributed by atoms with Crippen molar-refractivity contribution in [3.05, 3.63) is 29.8 Å². The molecule has 0 unspecified atom stereocenters. The fourth-order valence-corrected chi connectivity index (χ4v) is 5.19. The molecule has 1 saturated heterocycles. The summed E-state index contributed by atoms with van der Waals surface area (Å²) < 4.78 is 0. The van der Waals surface area contributed by atoms with Gasteiger partial charge in [0.2, 0.25) is 0 Å². The van der Waals surface area contributed by atoms with Crippen LogP contribution in [0.4, 0.5) is 5.69 Å². The van der Waals surface area contributed by atoms with Crippen LogP contribution >= 0.6 is 0 Å². The molecule has 1 spiro atoms. The normalized spacial score (nSPS) is 29.4. The number of nitrogens with one attached hydrogen (secondary N) is 1. The van der Waals surface area contributed by atoms with Crippen LogP contribution in [-0.2, 0) is 0 Å². The molecule has 0 bridgehead atoms. The first-order valence-electron chi connectivity index (χ1n) is 10.0. The van der Waals surface area contributed by atoms with Gasteiger partial charge in [-0.3, -0.25) is 4.79 Å². The molecule has 136 valence electrons. The predicted molar refractivity (Wildman–Crippen MR) is 102 cm³/mol. The van der Waals surface area contributed by atoms with Gasteiger partial charge in [-0.05, 0) is 43.7 Å². The topological polar surface area (TPSA) is 35.6 Å². The van der Waals surface area contributed by atoms with Crippen molar-refractivity contribution >= 4 is 11.6 Å². The average molecular weight is 341 g/mol. The Morgan fingerprint density at radius 1 is 1.12 bits per heavy atom. The summed E-state index contributed by atoms with van der Waals surface area (Å²) in [5, 5.41) is 3.34. The first-order valence-corrected chi connectivity index (χ1v) is 10.0. The van der Waals surface area contributed by atoms with Crippen LogP contribution in [-0.4, -0.2) is 42.6 Å². The Labute approximate surface area is 151 Å². The molecule has 1 aromatic rings. The van der Waals surface area contributed by atoms with Crippen LogP contribution in [0.3, 0.4) is 0 Å². The number of benzene rings is 1. The van der Waals surface area contributed by atoms with Gasteiger partial charge in [0.25, 0.3) is 5.91 Å². The van der Waals surface area contributed by atoms with Crippen molar-refractivity contribution in [2.75, 3.05) is 25.0 Å². The molecule has 1 N–H and O–H groups in total. The standard InChI is InChI=1S/C21H31N3O/c1-3-16-8-10-17(11-9-16)24-14-12-21(13-15-24)22-20(25)18-6-4-5-7-19(18)23(21)2/h4-7,16-17H,3,8-15H2,1-2H3,(H,22,25). The molecule has 2 fully saturated rings. The maximum atomic E-state index is 12.6. The van der Waals surface area contributed by atoms with E-state index in [2.05, 4.69) is 35.2 Å². The summed E-state index contributed by atoms with van der Waals surface area (Å²) >= 11 is 0. The molecule has 25 heavy (non-hydrogen) atoms. The first-order chi connectivity index (χ1) is 12.1. The van der Waals surface area contributed by atoms with E-state index in [1.54, 1.807) is 0 Å². The Bertz CT molecular complexity index is 628. The van der Waals surface area contributed by atoms with Gasteiger partial charge in [0, 0.05) is 39.0 Å². The van der Waals surface area contributed by atoms with Crippen LogP contribution in [0, 0.1) is 5.92 Å². The molecule has 3 aliphatic rings. The average Bonchev–Trinajstić information content (AvgIpc) is 2.67. The molecule has 4 rings (SSSR count). The Hall–Kier alpha value is -1.55. The van der Waals surface area contributed by atoms with E-state index in [0.717, 1.165) is 49.1 Å². The smallest absolute Gasteiger partial charge is 0.255 e. The number of amides is 1. The minimum atomic E-state index is -0.206. The van der Waals surface area contributed by atoms with Gasteiger partial charge in [-0.1, -0.05) is 25.5 Å². The van der Waals surface area contributed by atoms with Crippen LogP contribution in [0.5, 0.6) is 0 Å². The highest BCUT2D eigenvalue weighted by Crippen LogP contribution is 2.38. The number of nitrogens with zero attached hydrogens (tertiary/aromatic N) is 2. The third kappa shape index (κ3) is 2.95. The molecule has 0 radical (unpaired) electrons. The Morgan fingerprint density at radius 3 is 2.48 bits per heavy atom. The predicted octanol–water partition coefficient (Wildman–Crippen LogP) is 3.63. The zero-order chi connectivity index (χ0) is 17.4. The van der Waals surface area contributed by atoms with Crippen LogP contribution in [0.15, 0.2) is 24.3 Å². The molecule has 0 aromatic heterocycles. The second-order valence-electron chi connectivity index (χ2n) is 8.18. The number of carbonyl (C=O) groups is 1. The van der Waals surface area contributed by atoms with Crippen LogP contribution in [0.2, 0.25) is 0 Å². The number of hydrogen-bond acceptors (Lipinski definition) is 3. The van der Waals surface area contributed by atoms with Crippen molar-refractivity contribution in [2.45, 2.75) is 63.6 Å². The van der Waals surface area contributed by atoms with Crippen molar-refractivity contribution in [3.63, 3.8) is 0 Å². The monoisotopic (exact) mass is 341 g/mol. The highest BCUT2D eigenvalue weighted by Gasteiger charge is 2.45. The van der Waals surface area contributed by atoms with E-state index in [4.69, 9.17) is 0 Å². The number of carbonyl (C=O) groups excluding carboxylic acids is 1. The fraction of sp³-hybridized carbons (Fsp3) is 0.667. The molecule has 1 amide bonds. The number of para-hydroxylation sites is 1. The first kappa shape index (κ1) is 16.9. The number of rotatable bonds is 2. The van der Waals surface area contributed by atoms with Gasteiger partial charge >= 0.3 is 0 Å². The van der Waals surface area contributed by atoms with E-state index >= 15 is 0 Å². The third-order valence-corrected chi connectivity index (χ3v) is 7.03. The Morgan fingerprint density at radius 2 is 1.80 bits per heavy atom. The van der Waals surface area contributed by atoms with Gasteiger partial charge in [0.15, 0.2) is 0 Å². The van der Waals surface area contributed by atoms with Gasteiger partial charge in [-0.15, -0.1) is 0 Å². The lowest BCUT2D eigenvalue weighted by atomic mass is 9.82. The molecular weight excluding hydrogens is 310 g/mol. The van der Waals surface area contributed by atoms with E-state index in [0.29, 0.717) is 0 Å². The van der Waals surface area contributed by atoms with Gasteiger partial charge in [0.05, 0.1) is 11.3 Å². The summed E-state index contributed by atoms with van der Waals surface area (Å²) in [5.74, 6) is 1.04. The van der Waals surface area contributed by atoms with Crippen molar-refractivity contribution < 1.29 is 4.79 Å². The Balaban J connectivity index is 1.44. The van der Waals surface area contributed by atoms with E-state index in [9.17, 15) is 4.79 Å². The van der Waals surface area contributed by atoms with Crippen molar-refractivity contribution in [2.24, 2.45) is 5.92 Å². The number of anilines is 1. The van der Waals surface area contributed by atoms with Crippen LogP contribution < -0.4 is 10.2 Å². The van der Waals surface area contributed by atoms with Gasteiger partial charge in [-0.2, -0.15) is 0 Å². The molecule has 2 aliphatic heterocycles. The number of likely N-dealkylation sites (tertiary alicyclic amines) is 1.